The van der Waals surface area contributed by atoms with Gasteiger partial charge in [0.1, 0.15) is 0 Å². The van der Waals surface area contributed by atoms with Crippen LogP contribution in [0.1, 0.15) is 17.2 Å². The zero-order chi connectivity index (χ0) is 17.5. The van der Waals surface area contributed by atoms with Gasteiger partial charge in [-0.2, -0.15) is 5.10 Å². The summed E-state index contributed by atoms with van der Waals surface area (Å²) in [4.78, 5) is 12.2. The lowest BCUT2D eigenvalue weighted by molar-refractivity contribution is -0.131. The lowest BCUT2D eigenvalue weighted by atomic mass is 10.1. The molecule has 1 atom stereocenters. The van der Waals surface area contributed by atoms with E-state index in [0.29, 0.717) is 15.8 Å². The van der Waals surface area contributed by atoms with Gasteiger partial charge >= 0.3 is 0 Å². The van der Waals surface area contributed by atoms with E-state index in [4.69, 9.17) is 9.47 Å². The zero-order valence-electron chi connectivity index (χ0n) is 13.2. The number of phenolic OH excluding ortho intramolecular Hbond substituents is 1. The Kier molecular flexibility index (Phi) is 6.34. The summed E-state index contributed by atoms with van der Waals surface area (Å²) in [5.74, 6) is -0.0804. The third kappa shape index (κ3) is 4.33. The molecule has 2 aromatic rings. The Labute approximate surface area is 148 Å². The monoisotopic (exact) mass is 392 g/mol. The number of benzene rings is 2. The number of methoxy groups -OCH3 is 2. The Morgan fingerprint density at radius 2 is 2.00 bits per heavy atom. The first-order chi connectivity index (χ1) is 11.6. The molecule has 0 radical (unpaired) electrons. The predicted molar refractivity (Wildman–Crippen MR) is 94.3 cm³/mol. The molecule has 0 fully saturated rings. The van der Waals surface area contributed by atoms with E-state index in [1.165, 1.54) is 20.4 Å². The Hall–Kier alpha value is -2.38. The summed E-state index contributed by atoms with van der Waals surface area (Å²) in [6.45, 7) is 0. The largest absolute Gasteiger partial charge is 0.503 e. The maximum Gasteiger partial charge on any atom is 0.273 e. The lowest BCUT2D eigenvalue weighted by Gasteiger charge is -2.13. The number of carbonyl (C=O) groups excluding carboxylic acids is 1. The van der Waals surface area contributed by atoms with Crippen LogP contribution in [0.3, 0.4) is 0 Å². The van der Waals surface area contributed by atoms with E-state index in [9.17, 15) is 9.90 Å². The lowest BCUT2D eigenvalue weighted by Crippen LogP contribution is -2.26. The first kappa shape index (κ1) is 18.0. The molecule has 0 unspecified atom stereocenters. The summed E-state index contributed by atoms with van der Waals surface area (Å²) in [6.07, 6.45) is 0.701. The van der Waals surface area contributed by atoms with Crippen molar-refractivity contribution < 1.29 is 19.4 Å². The number of amides is 1. The summed E-state index contributed by atoms with van der Waals surface area (Å²) in [7, 11) is 2.91. The van der Waals surface area contributed by atoms with Crippen molar-refractivity contribution in [3.63, 3.8) is 0 Å². The van der Waals surface area contributed by atoms with Gasteiger partial charge in [-0.1, -0.05) is 30.3 Å². The second-order valence-electron chi connectivity index (χ2n) is 4.81. The molecule has 0 aliphatic heterocycles. The molecule has 2 rings (SSSR count). The Balaban J connectivity index is 2.08. The molecule has 0 heterocycles. The van der Waals surface area contributed by atoms with Crippen LogP contribution in [-0.4, -0.2) is 31.4 Å². The number of nitrogens with zero attached hydrogens (tertiary/aromatic N) is 1. The van der Waals surface area contributed by atoms with Gasteiger partial charge in [0.25, 0.3) is 5.91 Å². The van der Waals surface area contributed by atoms with Crippen molar-refractivity contribution in [3.8, 4) is 11.5 Å². The molecule has 1 amide bonds. The number of phenols is 1. The third-order valence-electron chi connectivity index (χ3n) is 3.24. The van der Waals surface area contributed by atoms with Crippen molar-refractivity contribution in [2.45, 2.75) is 6.10 Å². The molecule has 6 nitrogen and oxygen atoms in total. The summed E-state index contributed by atoms with van der Waals surface area (Å²) in [5.41, 5.74) is 3.82. The van der Waals surface area contributed by atoms with Gasteiger partial charge in [0.15, 0.2) is 17.6 Å². The number of ether oxygens (including phenoxy) is 2. The normalized spacial score (nSPS) is 12.1. The third-order valence-corrected chi connectivity index (χ3v) is 3.84. The van der Waals surface area contributed by atoms with Crippen LogP contribution in [0, 0.1) is 0 Å². The summed E-state index contributed by atoms with van der Waals surface area (Å²) in [6, 6.07) is 12.4. The fourth-order valence-corrected chi connectivity index (χ4v) is 2.54. The molecule has 24 heavy (non-hydrogen) atoms. The van der Waals surface area contributed by atoms with Crippen molar-refractivity contribution in [1.29, 1.82) is 0 Å². The topological polar surface area (TPSA) is 80.2 Å². The first-order valence-electron chi connectivity index (χ1n) is 7.04. The van der Waals surface area contributed by atoms with Gasteiger partial charge < -0.3 is 14.6 Å². The minimum Gasteiger partial charge on any atom is -0.503 e. The van der Waals surface area contributed by atoms with E-state index < -0.39 is 6.10 Å². The highest BCUT2D eigenvalue weighted by atomic mass is 79.9. The van der Waals surface area contributed by atoms with Gasteiger partial charge in [0, 0.05) is 7.11 Å². The molecule has 7 heteroatoms. The number of hydrogen-bond acceptors (Lipinski definition) is 5. The fraction of sp³-hybridized carbons (Fsp3) is 0.176. The molecular weight excluding hydrogens is 376 g/mol. The highest BCUT2D eigenvalue weighted by molar-refractivity contribution is 9.10. The SMILES string of the molecule is COc1cc(/C=N/NC(=O)[C@@H](OC)c2ccccc2)cc(Br)c1O. The number of nitrogens with one attached hydrogen (secondary N) is 1. The van der Waals surface area contributed by atoms with Crippen LogP contribution in [0.4, 0.5) is 0 Å². The van der Waals surface area contributed by atoms with Gasteiger partial charge in [-0.05, 0) is 39.2 Å². The van der Waals surface area contributed by atoms with Gasteiger partial charge in [-0.25, -0.2) is 5.43 Å². The molecule has 0 aliphatic carbocycles. The van der Waals surface area contributed by atoms with Crippen LogP contribution >= 0.6 is 15.9 Å². The second kappa shape index (κ2) is 8.47. The Morgan fingerprint density at radius 3 is 2.62 bits per heavy atom. The number of halogens is 1. The summed E-state index contributed by atoms with van der Waals surface area (Å²) >= 11 is 3.22. The Bertz CT molecular complexity index is 735. The first-order valence-corrected chi connectivity index (χ1v) is 7.83. The van der Waals surface area contributed by atoms with E-state index in [1.807, 2.05) is 18.2 Å². The molecular formula is C17H17BrN2O4. The molecule has 0 aromatic heterocycles. The molecule has 2 aromatic carbocycles. The summed E-state index contributed by atoms with van der Waals surface area (Å²) in [5, 5.41) is 13.7. The molecule has 0 aliphatic rings. The molecule has 0 saturated carbocycles. The van der Waals surface area contributed by atoms with Crippen molar-refractivity contribution in [1.82, 2.24) is 5.43 Å². The maximum absolute atomic E-state index is 12.2. The summed E-state index contributed by atoms with van der Waals surface area (Å²) < 4.78 is 10.8. The maximum atomic E-state index is 12.2. The molecule has 0 saturated heterocycles. The van der Waals surface area contributed by atoms with Crippen molar-refractivity contribution >= 4 is 28.1 Å². The van der Waals surface area contributed by atoms with Gasteiger partial charge in [0.05, 0.1) is 17.8 Å². The van der Waals surface area contributed by atoms with E-state index in [2.05, 4.69) is 26.5 Å². The number of hydrazone groups is 1. The van der Waals surface area contributed by atoms with E-state index >= 15 is 0 Å². The number of carbonyl (C=O) groups is 1. The molecule has 2 N–H and O–H groups in total. The predicted octanol–water partition coefficient (Wildman–Crippen LogP) is 3.00. The van der Waals surface area contributed by atoms with Crippen LogP contribution in [0.2, 0.25) is 0 Å². The number of aromatic hydroxyl groups is 1. The minimum absolute atomic E-state index is 0.00205. The minimum atomic E-state index is -0.746. The highest BCUT2D eigenvalue weighted by Gasteiger charge is 2.19. The molecule has 0 spiro atoms. The molecule has 126 valence electrons. The van der Waals surface area contributed by atoms with Crippen molar-refractivity contribution in [3.05, 3.63) is 58.1 Å². The van der Waals surface area contributed by atoms with Crippen molar-refractivity contribution in [2.75, 3.05) is 14.2 Å². The van der Waals surface area contributed by atoms with Crippen LogP contribution in [0.15, 0.2) is 52.0 Å². The zero-order valence-corrected chi connectivity index (χ0v) is 14.8. The number of hydrogen-bond donors (Lipinski definition) is 2. The number of rotatable bonds is 6. The smallest absolute Gasteiger partial charge is 0.273 e. The van der Waals surface area contributed by atoms with Crippen molar-refractivity contribution in [2.24, 2.45) is 5.10 Å². The standard InChI is InChI=1S/C17H17BrN2O4/c1-23-14-9-11(8-13(18)15(14)21)10-19-20-17(22)16(24-2)12-6-4-3-5-7-12/h3-10,16,21H,1-2H3,(H,20,22)/b19-10+/t16-/m0/s1. The average Bonchev–Trinajstić information content (AvgIpc) is 2.59. The fourth-order valence-electron chi connectivity index (χ4n) is 2.08. The average molecular weight is 393 g/mol. The van der Waals surface area contributed by atoms with Gasteiger partial charge in [-0.15, -0.1) is 0 Å². The van der Waals surface area contributed by atoms with Gasteiger partial charge in [-0.3, -0.25) is 4.79 Å². The Morgan fingerprint density at radius 1 is 1.29 bits per heavy atom. The quantitative estimate of drug-likeness (QED) is 0.584. The highest BCUT2D eigenvalue weighted by Crippen LogP contribution is 2.34. The van der Waals surface area contributed by atoms with E-state index in [-0.39, 0.29) is 11.7 Å². The van der Waals surface area contributed by atoms with Crippen LogP contribution in [0.5, 0.6) is 11.5 Å². The van der Waals surface area contributed by atoms with Gasteiger partial charge in [0.2, 0.25) is 0 Å². The molecule has 0 bridgehead atoms. The van der Waals surface area contributed by atoms with E-state index in [0.717, 1.165) is 5.56 Å². The van der Waals surface area contributed by atoms with Crippen LogP contribution < -0.4 is 10.2 Å². The van der Waals surface area contributed by atoms with Crippen LogP contribution in [-0.2, 0) is 9.53 Å². The second-order valence-corrected chi connectivity index (χ2v) is 5.67. The van der Waals surface area contributed by atoms with E-state index in [1.54, 1.807) is 24.3 Å². The van der Waals surface area contributed by atoms with Crippen LogP contribution in [0.25, 0.3) is 0 Å².